The molecule has 0 amide bonds. The third-order valence-electron chi connectivity index (χ3n) is 1.84. The molecule has 0 saturated carbocycles. The van der Waals surface area contributed by atoms with Crippen LogP contribution in [0, 0.1) is 0 Å². The molecule has 0 bridgehead atoms. The lowest BCUT2D eigenvalue weighted by molar-refractivity contribution is 0.0324. The Morgan fingerprint density at radius 2 is 2.15 bits per heavy atom. The summed E-state index contributed by atoms with van der Waals surface area (Å²) in [5, 5.41) is 9.84. The number of rotatable bonds is 6. The van der Waals surface area contributed by atoms with E-state index >= 15 is 0 Å². The van der Waals surface area contributed by atoms with Crippen LogP contribution in [0.15, 0.2) is 12.3 Å². The fourth-order valence-electron chi connectivity index (χ4n) is 1.01. The standard InChI is InChI=1S/C10H19ClO2/c1-5-10(12,7-11)6-9(4)13-8(2)3/h8,12H,4-7H2,1-3H3. The first-order valence-electron chi connectivity index (χ1n) is 4.56. The fraction of sp³-hybridized carbons (Fsp3) is 0.800. The lowest BCUT2D eigenvalue weighted by Crippen LogP contribution is -2.31. The zero-order valence-corrected chi connectivity index (χ0v) is 9.40. The average molecular weight is 207 g/mol. The molecular formula is C10H19ClO2. The van der Waals surface area contributed by atoms with Crippen LogP contribution in [0.1, 0.15) is 33.6 Å². The van der Waals surface area contributed by atoms with E-state index in [0.29, 0.717) is 18.6 Å². The third-order valence-corrected chi connectivity index (χ3v) is 2.33. The first kappa shape index (κ1) is 12.8. The van der Waals surface area contributed by atoms with Crippen molar-refractivity contribution in [2.75, 3.05) is 5.88 Å². The normalized spacial score (nSPS) is 15.5. The SMILES string of the molecule is C=C(CC(O)(CC)CCl)OC(C)C. The molecule has 0 rings (SSSR count). The molecule has 0 radical (unpaired) electrons. The maximum atomic E-state index is 9.84. The van der Waals surface area contributed by atoms with Crippen molar-refractivity contribution >= 4 is 11.6 Å². The van der Waals surface area contributed by atoms with Gasteiger partial charge in [-0.05, 0) is 20.3 Å². The number of ether oxygens (including phenoxy) is 1. The van der Waals surface area contributed by atoms with Gasteiger partial charge in [0.2, 0.25) is 0 Å². The van der Waals surface area contributed by atoms with Crippen molar-refractivity contribution in [3.05, 3.63) is 12.3 Å². The van der Waals surface area contributed by atoms with Crippen LogP contribution in [0.3, 0.4) is 0 Å². The molecular weight excluding hydrogens is 188 g/mol. The van der Waals surface area contributed by atoms with E-state index in [-0.39, 0.29) is 12.0 Å². The maximum Gasteiger partial charge on any atom is 0.0926 e. The number of alkyl halides is 1. The highest BCUT2D eigenvalue weighted by Crippen LogP contribution is 2.22. The summed E-state index contributed by atoms with van der Waals surface area (Å²) in [6, 6.07) is 0. The molecule has 0 aliphatic rings. The van der Waals surface area contributed by atoms with Crippen LogP contribution < -0.4 is 0 Å². The minimum Gasteiger partial charge on any atom is -0.496 e. The van der Waals surface area contributed by atoms with Gasteiger partial charge in [0, 0.05) is 6.42 Å². The Hall–Kier alpha value is -0.210. The van der Waals surface area contributed by atoms with Gasteiger partial charge >= 0.3 is 0 Å². The number of aliphatic hydroxyl groups is 1. The van der Waals surface area contributed by atoms with Crippen LogP contribution in [-0.4, -0.2) is 22.7 Å². The summed E-state index contributed by atoms with van der Waals surface area (Å²) in [6.45, 7) is 9.48. The van der Waals surface area contributed by atoms with Gasteiger partial charge in [0.25, 0.3) is 0 Å². The van der Waals surface area contributed by atoms with E-state index < -0.39 is 5.60 Å². The molecule has 13 heavy (non-hydrogen) atoms. The van der Waals surface area contributed by atoms with Crippen LogP contribution in [0.4, 0.5) is 0 Å². The smallest absolute Gasteiger partial charge is 0.0926 e. The van der Waals surface area contributed by atoms with Gasteiger partial charge in [-0.2, -0.15) is 0 Å². The molecule has 0 aromatic carbocycles. The summed E-state index contributed by atoms with van der Waals surface area (Å²) in [5.41, 5.74) is -0.868. The van der Waals surface area contributed by atoms with Crippen LogP contribution in [-0.2, 0) is 4.74 Å². The van der Waals surface area contributed by atoms with Crippen LogP contribution in [0.5, 0.6) is 0 Å². The molecule has 1 atom stereocenters. The van der Waals surface area contributed by atoms with Crippen molar-refractivity contribution in [2.45, 2.75) is 45.3 Å². The molecule has 1 unspecified atom stereocenters. The molecule has 0 saturated heterocycles. The summed E-state index contributed by atoms with van der Waals surface area (Å²) in [7, 11) is 0. The van der Waals surface area contributed by atoms with Crippen LogP contribution >= 0.6 is 11.6 Å². The molecule has 0 aliphatic heterocycles. The largest absolute Gasteiger partial charge is 0.496 e. The Bertz CT molecular complexity index is 162. The second kappa shape index (κ2) is 5.51. The first-order chi connectivity index (χ1) is 5.93. The quantitative estimate of drug-likeness (QED) is 0.535. The molecule has 0 heterocycles. The third kappa shape index (κ3) is 5.17. The lowest BCUT2D eigenvalue weighted by atomic mass is 9.98. The summed E-state index contributed by atoms with van der Waals surface area (Å²) < 4.78 is 5.34. The summed E-state index contributed by atoms with van der Waals surface area (Å²) in [5.74, 6) is 0.809. The van der Waals surface area contributed by atoms with Gasteiger partial charge in [0.15, 0.2) is 0 Å². The molecule has 0 aliphatic carbocycles. The molecule has 0 spiro atoms. The van der Waals surface area contributed by atoms with E-state index in [9.17, 15) is 5.11 Å². The summed E-state index contributed by atoms with van der Waals surface area (Å²) >= 11 is 5.64. The van der Waals surface area contributed by atoms with E-state index in [2.05, 4.69) is 6.58 Å². The fourth-order valence-corrected chi connectivity index (χ4v) is 1.29. The predicted octanol–water partition coefficient (Wildman–Crippen LogP) is 2.70. The van der Waals surface area contributed by atoms with Gasteiger partial charge in [-0.25, -0.2) is 0 Å². The van der Waals surface area contributed by atoms with Gasteiger partial charge < -0.3 is 9.84 Å². The van der Waals surface area contributed by atoms with Crippen molar-refractivity contribution in [3.63, 3.8) is 0 Å². The van der Waals surface area contributed by atoms with Crippen molar-refractivity contribution in [2.24, 2.45) is 0 Å². The minimum atomic E-state index is -0.868. The number of hydrogen-bond acceptors (Lipinski definition) is 2. The van der Waals surface area contributed by atoms with Gasteiger partial charge in [0.1, 0.15) is 0 Å². The zero-order valence-electron chi connectivity index (χ0n) is 8.64. The van der Waals surface area contributed by atoms with E-state index in [1.807, 2.05) is 20.8 Å². The van der Waals surface area contributed by atoms with Crippen molar-refractivity contribution < 1.29 is 9.84 Å². The molecule has 2 nitrogen and oxygen atoms in total. The minimum absolute atomic E-state index is 0.101. The molecule has 3 heteroatoms. The molecule has 1 N–H and O–H groups in total. The van der Waals surface area contributed by atoms with E-state index in [4.69, 9.17) is 16.3 Å². The average Bonchev–Trinajstić information content (AvgIpc) is 2.02. The number of halogens is 1. The Morgan fingerprint density at radius 1 is 1.62 bits per heavy atom. The predicted molar refractivity (Wildman–Crippen MR) is 55.9 cm³/mol. The van der Waals surface area contributed by atoms with E-state index in [1.54, 1.807) is 0 Å². The lowest BCUT2D eigenvalue weighted by Gasteiger charge is -2.25. The van der Waals surface area contributed by atoms with Crippen LogP contribution in [0.2, 0.25) is 0 Å². The second-order valence-electron chi connectivity index (χ2n) is 3.59. The molecule has 78 valence electrons. The second-order valence-corrected chi connectivity index (χ2v) is 3.86. The number of hydrogen-bond donors (Lipinski definition) is 1. The topological polar surface area (TPSA) is 29.5 Å². The highest BCUT2D eigenvalue weighted by atomic mass is 35.5. The Kier molecular flexibility index (Phi) is 5.42. The van der Waals surface area contributed by atoms with Crippen molar-refractivity contribution in [1.82, 2.24) is 0 Å². The highest BCUT2D eigenvalue weighted by molar-refractivity contribution is 6.18. The molecule has 0 aromatic rings. The summed E-state index contributed by atoms with van der Waals surface area (Å²) in [6.07, 6.45) is 1.12. The monoisotopic (exact) mass is 206 g/mol. The van der Waals surface area contributed by atoms with Gasteiger partial charge in [-0.1, -0.05) is 13.5 Å². The maximum absolute atomic E-state index is 9.84. The van der Waals surface area contributed by atoms with Crippen LogP contribution in [0.25, 0.3) is 0 Å². The Labute approximate surface area is 85.5 Å². The van der Waals surface area contributed by atoms with E-state index in [0.717, 1.165) is 0 Å². The van der Waals surface area contributed by atoms with Gasteiger partial charge in [-0.3, -0.25) is 0 Å². The molecule has 0 fully saturated rings. The van der Waals surface area contributed by atoms with Crippen molar-refractivity contribution in [1.29, 1.82) is 0 Å². The Balaban J connectivity index is 4.02. The zero-order chi connectivity index (χ0) is 10.5. The molecule has 0 aromatic heterocycles. The van der Waals surface area contributed by atoms with Crippen molar-refractivity contribution in [3.8, 4) is 0 Å². The highest BCUT2D eigenvalue weighted by Gasteiger charge is 2.25. The van der Waals surface area contributed by atoms with Gasteiger partial charge in [-0.15, -0.1) is 11.6 Å². The Morgan fingerprint density at radius 3 is 2.46 bits per heavy atom. The van der Waals surface area contributed by atoms with E-state index in [1.165, 1.54) is 0 Å². The van der Waals surface area contributed by atoms with Gasteiger partial charge in [0.05, 0.1) is 23.3 Å². The summed E-state index contributed by atoms with van der Waals surface area (Å²) in [4.78, 5) is 0. The first-order valence-corrected chi connectivity index (χ1v) is 5.09.